The molecule has 0 aliphatic rings. The molecule has 2 aromatic rings. The van der Waals surface area contributed by atoms with E-state index >= 15 is 0 Å². The Hall–Kier alpha value is -0.664. The largest absolute Gasteiger partial charge is 2.00 e. The minimum atomic E-state index is 0. The van der Waals surface area contributed by atoms with Crippen LogP contribution in [0.2, 0.25) is 0 Å². The van der Waals surface area contributed by atoms with Crippen molar-refractivity contribution in [2.24, 2.45) is 0 Å². The molecule has 0 nitrogen and oxygen atoms in total. The molecule has 0 radical (unpaired) electrons. The van der Waals surface area contributed by atoms with Crippen LogP contribution in [0, 0.1) is 48.5 Å². The summed E-state index contributed by atoms with van der Waals surface area (Å²) in [6, 6.07) is 24.0. The first-order chi connectivity index (χ1) is 5.00. The minimum absolute atomic E-state index is 0. The Bertz CT molecular complexity index is 144. The van der Waals surface area contributed by atoms with E-state index in [1.54, 1.807) is 12.1 Å². The van der Waals surface area contributed by atoms with Gasteiger partial charge >= 0.3 is 19.8 Å². The summed E-state index contributed by atoms with van der Waals surface area (Å²) in [6.45, 7) is 0. The average Bonchev–Trinajstić information content (AvgIpc) is 2.67. The van der Waals surface area contributed by atoms with Gasteiger partial charge in [0.25, 0.3) is 0 Å². The summed E-state index contributed by atoms with van der Waals surface area (Å²) >= 11 is 0. The van der Waals surface area contributed by atoms with E-state index in [4.69, 9.17) is 0 Å². The first-order valence-electron chi connectivity index (χ1n) is 2.65. The summed E-state index contributed by atoms with van der Waals surface area (Å²) in [5, 5.41) is 0. The molecule has 0 heterocycles. The van der Waals surface area contributed by atoms with Crippen molar-refractivity contribution in [2.45, 2.75) is 0 Å². The molecular formula is C10H2Os-8. The Balaban J connectivity index is 0.000000167. The third kappa shape index (κ3) is 5.76. The van der Waals surface area contributed by atoms with Crippen molar-refractivity contribution in [3.8, 4) is 0 Å². The van der Waals surface area contributed by atoms with E-state index in [0.717, 1.165) is 0 Å². The summed E-state index contributed by atoms with van der Waals surface area (Å²) in [4.78, 5) is 0. The van der Waals surface area contributed by atoms with Crippen molar-refractivity contribution in [2.75, 3.05) is 0 Å². The molecule has 1 heteroatoms. The van der Waals surface area contributed by atoms with Crippen LogP contribution in [0.5, 0.6) is 0 Å². The zero-order valence-corrected chi connectivity index (χ0v) is 8.05. The minimum Gasteiger partial charge on any atom is -0.999 e. The van der Waals surface area contributed by atoms with Crippen LogP contribution < -0.4 is 0 Å². The smallest absolute Gasteiger partial charge is 0.999 e. The van der Waals surface area contributed by atoms with Gasteiger partial charge in [-0.25, -0.2) is 0 Å². The summed E-state index contributed by atoms with van der Waals surface area (Å²) in [5.41, 5.74) is 0. The first kappa shape index (κ1) is 10.3. The van der Waals surface area contributed by atoms with E-state index < -0.39 is 0 Å². The molecule has 0 saturated carbocycles. The van der Waals surface area contributed by atoms with Gasteiger partial charge in [-0.3, -0.25) is 0 Å². The fourth-order valence-corrected chi connectivity index (χ4v) is 0.361. The van der Waals surface area contributed by atoms with Crippen molar-refractivity contribution >= 4 is 0 Å². The maximum atomic E-state index is 2.62. The standard InChI is InChI=1S/2C5H.Os/c2*1-2-4-5-3-1;/h2*1H;/q2*-5;+2. The normalized spacial score (nSPS) is 7.27. The van der Waals surface area contributed by atoms with Crippen molar-refractivity contribution in [3.63, 3.8) is 0 Å². The molecule has 0 aromatic heterocycles. The second-order valence-corrected chi connectivity index (χ2v) is 1.37. The molecule has 0 N–H and O–H groups in total. The molecule has 0 atom stereocenters. The van der Waals surface area contributed by atoms with Crippen molar-refractivity contribution in [1.82, 2.24) is 0 Å². The molecule has 0 aliphatic carbocycles. The summed E-state index contributed by atoms with van der Waals surface area (Å²) in [6.07, 6.45) is 0. The van der Waals surface area contributed by atoms with E-state index in [2.05, 4.69) is 48.5 Å². The number of rotatable bonds is 0. The van der Waals surface area contributed by atoms with E-state index in [-0.39, 0.29) is 19.8 Å². The number of hydrogen-bond acceptors (Lipinski definition) is 0. The molecule has 11 heavy (non-hydrogen) atoms. The zero-order valence-electron chi connectivity index (χ0n) is 5.51. The van der Waals surface area contributed by atoms with Gasteiger partial charge < -0.3 is 60.7 Å². The quantitative estimate of drug-likeness (QED) is 0.642. The van der Waals surface area contributed by atoms with Crippen LogP contribution in [0.1, 0.15) is 0 Å². The van der Waals surface area contributed by atoms with Gasteiger partial charge in [-0.2, -0.15) is 0 Å². The number of hydrogen-bond donors (Lipinski definition) is 0. The van der Waals surface area contributed by atoms with Crippen LogP contribution in [0.3, 0.4) is 0 Å². The van der Waals surface area contributed by atoms with Crippen LogP contribution in [-0.4, -0.2) is 0 Å². The molecule has 58 valence electrons. The predicted octanol–water partition coefficient (Wildman–Crippen LogP) is 1.21. The second kappa shape index (κ2) is 7.44. The van der Waals surface area contributed by atoms with Crippen molar-refractivity contribution in [3.05, 3.63) is 60.7 Å². The van der Waals surface area contributed by atoms with Crippen molar-refractivity contribution in [1.29, 1.82) is 0 Å². The van der Waals surface area contributed by atoms with Crippen molar-refractivity contribution < 1.29 is 19.8 Å². The first-order valence-corrected chi connectivity index (χ1v) is 2.65. The molecule has 2 aromatic carbocycles. The van der Waals surface area contributed by atoms with Gasteiger partial charge in [-0.15, -0.1) is 0 Å². The van der Waals surface area contributed by atoms with Gasteiger partial charge in [0.1, 0.15) is 0 Å². The van der Waals surface area contributed by atoms with Gasteiger partial charge in [0, 0.05) is 0 Å². The van der Waals surface area contributed by atoms with E-state index in [0.29, 0.717) is 0 Å². The molecule has 0 aliphatic heterocycles. The van der Waals surface area contributed by atoms with Gasteiger partial charge in [0.15, 0.2) is 0 Å². The fourth-order valence-electron chi connectivity index (χ4n) is 0.361. The summed E-state index contributed by atoms with van der Waals surface area (Å²) in [7, 11) is 0. The SMILES string of the molecule is [Os+2].[c-]1[c-][c-][cH-][c-]1.[c-]1[c-][c-][cH-][c-]1. The molecule has 0 fully saturated rings. The molecular weight excluding hydrogens is 310 g/mol. The molecule has 0 spiro atoms. The van der Waals surface area contributed by atoms with Gasteiger partial charge in [-0.1, -0.05) is 0 Å². The average molecular weight is 312 g/mol. The van der Waals surface area contributed by atoms with Gasteiger partial charge in [0.2, 0.25) is 0 Å². The van der Waals surface area contributed by atoms with Gasteiger partial charge in [0.05, 0.1) is 0 Å². The molecule has 0 saturated heterocycles. The van der Waals surface area contributed by atoms with E-state index in [1.807, 2.05) is 0 Å². The molecule has 0 bridgehead atoms. The Kier molecular flexibility index (Phi) is 6.99. The zero-order chi connectivity index (χ0) is 7.07. The molecule has 0 amide bonds. The monoisotopic (exact) mass is 314 g/mol. The Labute approximate surface area is 80.7 Å². The Morgan fingerprint density at radius 3 is 0.909 bits per heavy atom. The Morgan fingerprint density at radius 2 is 0.818 bits per heavy atom. The predicted molar refractivity (Wildman–Crippen MR) is 34.8 cm³/mol. The second-order valence-electron chi connectivity index (χ2n) is 1.37. The van der Waals surface area contributed by atoms with E-state index in [9.17, 15) is 0 Å². The molecule has 0 unspecified atom stereocenters. The summed E-state index contributed by atoms with van der Waals surface area (Å²) < 4.78 is 0. The molecule has 2 rings (SSSR count). The third-order valence-electron chi connectivity index (χ3n) is 0.702. The topological polar surface area (TPSA) is 0 Å². The van der Waals surface area contributed by atoms with Crippen LogP contribution >= 0.6 is 0 Å². The fraction of sp³-hybridized carbons (Fsp3) is 0. The van der Waals surface area contributed by atoms with Crippen LogP contribution in [0.15, 0.2) is 12.1 Å². The van der Waals surface area contributed by atoms with Crippen LogP contribution in [0.25, 0.3) is 0 Å². The van der Waals surface area contributed by atoms with E-state index in [1.165, 1.54) is 0 Å². The van der Waals surface area contributed by atoms with Gasteiger partial charge in [-0.05, 0) is 0 Å². The summed E-state index contributed by atoms with van der Waals surface area (Å²) in [5.74, 6) is 0. The third-order valence-corrected chi connectivity index (χ3v) is 0.702. The van der Waals surface area contributed by atoms with Crippen LogP contribution in [-0.2, 0) is 19.8 Å². The van der Waals surface area contributed by atoms with Crippen LogP contribution in [0.4, 0.5) is 0 Å². The Morgan fingerprint density at radius 1 is 0.545 bits per heavy atom. The maximum Gasteiger partial charge on any atom is 2.00 e. The maximum absolute atomic E-state index is 2.62.